The molecular weight excluding hydrogens is 249 g/mol. The van der Waals surface area contributed by atoms with E-state index in [-0.39, 0.29) is 11.9 Å². The molecule has 18 heavy (non-hydrogen) atoms. The highest BCUT2D eigenvalue weighted by Crippen LogP contribution is 2.30. The van der Waals surface area contributed by atoms with E-state index in [2.05, 4.69) is 28.8 Å². The molecule has 0 spiro atoms. The van der Waals surface area contributed by atoms with E-state index in [1.807, 2.05) is 13.1 Å². The smallest absolute Gasteiger partial charge is 0.123 e. The summed E-state index contributed by atoms with van der Waals surface area (Å²) in [7, 11) is 1.86. The zero-order valence-corrected chi connectivity index (χ0v) is 11.5. The Bertz CT molecular complexity index is 524. The monoisotopic (exact) mass is 265 g/mol. The number of halogens is 1. The van der Waals surface area contributed by atoms with Crippen molar-refractivity contribution >= 4 is 11.5 Å². The molecule has 1 unspecified atom stereocenters. The molecule has 1 heterocycles. The average Bonchev–Trinajstić information content (AvgIpc) is 2.79. The minimum absolute atomic E-state index is 0.0573. The van der Waals surface area contributed by atoms with Gasteiger partial charge in [0, 0.05) is 0 Å². The molecule has 0 aliphatic heterocycles. The van der Waals surface area contributed by atoms with Gasteiger partial charge in [0.15, 0.2) is 0 Å². The van der Waals surface area contributed by atoms with E-state index >= 15 is 0 Å². The van der Waals surface area contributed by atoms with Crippen LogP contribution in [0.2, 0.25) is 0 Å². The van der Waals surface area contributed by atoms with Gasteiger partial charge in [0.25, 0.3) is 0 Å². The van der Waals surface area contributed by atoms with Gasteiger partial charge in [-0.3, -0.25) is 0 Å². The van der Waals surface area contributed by atoms with Crippen LogP contribution in [0.15, 0.2) is 24.3 Å². The van der Waals surface area contributed by atoms with Crippen molar-refractivity contribution in [1.82, 2.24) is 14.9 Å². The van der Waals surface area contributed by atoms with Crippen molar-refractivity contribution < 1.29 is 4.39 Å². The lowest BCUT2D eigenvalue weighted by molar-refractivity contribution is 0.616. The number of nitrogens with zero attached hydrogens (tertiary/aromatic N) is 2. The van der Waals surface area contributed by atoms with Crippen LogP contribution >= 0.6 is 11.5 Å². The summed E-state index contributed by atoms with van der Waals surface area (Å²) in [6.07, 6.45) is 0. The van der Waals surface area contributed by atoms with Gasteiger partial charge < -0.3 is 5.32 Å². The fourth-order valence-corrected chi connectivity index (χ4v) is 2.89. The van der Waals surface area contributed by atoms with Crippen LogP contribution in [0.5, 0.6) is 0 Å². The molecular formula is C13H16FN3S. The van der Waals surface area contributed by atoms with Gasteiger partial charge in [-0.2, -0.15) is 0 Å². The van der Waals surface area contributed by atoms with Gasteiger partial charge in [-0.1, -0.05) is 30.5 Å². The first-order valence-electron chi connectivity index (χ1n) is 5.88. The Kier molecular flexibility index (Phi) is 4.04. The van der Waals surface area contributed by atoms with Crippen molar-refractivity contribution in [3.05, 3.63) is 46.2 Å². The molecule has 0 radical (unpaired) electrons. The standard InChI is InChI=1S/C13H16FN3S/c1-8(2)11-13(18-17-16-11)12(15-3)9-5-4-6-10(14)7-9/h4-8,12,15H,1-3H3. The molecule has 0 aliphatic carbocycles. The maximum atomic E-state index is 13.3. The van der Waals surface area contributed by atoms with E-state index < -0.39 is 0 Å². The summed E-state index contributed by atoms with van der Waals surface area (Å²) in [5.74, 6) is 0.0829. The minimum atomic E-state index is -0.226. The third-order valence-corrected chi connectivity index (χ3v) is 3.62. The van der Waals surface area contributed by atoms with Crippen LogP contribution in [0.1, 0.15) is 41.9 Å². The molecule has 0 saturated carbocycles. The zero-order chi connectivity index (χ0) is 13.1. The fraction of sp³-hybridized carbons (Fsp3) is 0.385. The second-order valence-corrected chi connectivity index (χ2v) is 5.24. The van der Waals surface area contributed by atoms with E-state index in [0.29, 0.717) is 5.92 Å². The third-order valence-electron chi connectivity index (χ3n) is 2.82. The van der Waals surface area contributed by atoms with Crippen molar-refractivity contribution in [2.24, 2.45) is 0 Å². The van der Waals surface area contributed by atoms with Crippen LogP contribution < -0.4 is 5.32 Å². The molecule has 1 N–H and O–H groups in total. The minimum Gasteiger partial charge on any atom is -0.309 e. The van der Waals surface area contributed by atoms with E-state index in [9.17, 15) is 4.39 Å². The average molecular weight is 265 g/mol. The highest BCUT2D eigenvalue weighted by atomic mass is 32.1. The zero-order valence-electron chi connectivity index (χ0n) is 10.6. The van der Waals surface area contributed by atoms with E-state index in [1.54, 1.807) is 12.1 Å². The van der Waals surface area contributed by atoms with Crippen LogP contribution in [0.25, 0.3) is 0 Å². The predicted molar refractivity (Wildman–Crippen MR) is 71.3 cm³/mol. The molecule has 1 atom stereocenters. The highest BCUT2D eigenvalue weighted by molar-refractivity contribution is 7.05. The number of aromatic nitrogens is 2. The van der Waals surface area contributed by atoms with E-state index in [4.69, 9.17) is 0 Å². The van der Waals surface area contributed by atoms with Gasteiger partial charge in [0.2, 0.25) is 0 Å². The summed E-state index contributed by atoms with van der Waals surface area (Å²) < 4.78 is 17.3. The maximum absolute atomic E-state index is 13.3. The van der Waals surface area contributed by atoms with E-state index in [1.165, 1.54) is 17.6 Å². The summed E-state index contributed by atoms with van der Waals surface area (Å²) >= 11 is 1.37. The van der Waals surface area contributed by atoms with Crippen molar-refractivity contribution in [3.63, 3.8) is 0 Å². The maximum Gasteiger partial charge on any atom is 0.123 e. The molecule has 0 fully saturated rings. The van der Waals surface area contributed by atoms with Gasteiger partial charge in [-0.05, 0) is 42.2 Å². The van der Waals surface area contributed by atoms with Crippen LogP contribution in [0, 0.1) is 5.82 Å². The molecule has 5 heteroatoms. The Morgan fingerprint density at radius 2 is 2.11 bits per heavy atom. The molecule has 2 aromatic rings. The lowest BCUT2D eigenvalue weighted by atomic mass is 10.0. The SMILES string of the molecule is CNC(c1cccc(F)c1)c1snnc1C(C)C. The predicted octanol–water partition coefficient (Wildman–Crippen LogP) is 3.11. The summed E-state index contributed by atoms with van der Waals surface area (Å²) in [5, 5.41) is 7.37. The first-order valence-corrected chi connectivity index (χ1v) is 6.65. The topological polar surface area (TPSA) is 37.8 Å². The van der Waals surface area contributed by atoms with Crippen LogP contribution in [-0.4, -0.2) is 16.6 Å². The van der Waals surface area contributed by atoms with Crippen molar-refractivity contribution in [2.45, 2.75) is 25.8 Å². The number of nitrogens with one attached hydrogen (secondary N) is 1. The molecule has 96 valence electrons. The van der Waals surface area contributed by atoms with Crippen LogP contribution in [0.4, 0.5) is 4.39 Å². The summed E-state index contributed by atoms with van der Waals surface area (Å²) in [4.78, 5) is 1.05. The molecule has 0 bridgehead atoms. The molecule has 1 aromatic carbocycles. The van der Waals surface area contributed by atoms with Gasteiger partial charge in [0.1, 0.15) is 5.82 Å². The first kappa shape index (κ1) is 13.1. The summed E-state index contributed by atoms with van der Waals surface area (Å²) in [6.45, 7) is 4.16. The van der Waals surface area contributed by atoms with Crippen molar-refractivity contribution in [1.29, 1.82) is 0 Å². The van der Waals surface area contributed by atoms with Crippen LogP contribution in [0.3, 0.4) is 0 Å². The number of rotatable bonds is 4. The molecule has 2 rings (SSSR count). The number of benzene rings is 1. The van der Waals surface area contributed by atoms with Gasteiger partial charge in [-0.25, -0.2) is 4.39 Å². The van der Waals surface area contributed by atoms with Crippen molar-refractivity contribution in [3.8, 4) is 0 Å². The Labute approximate surface area is 110 Å². The summed E-state index contributed by atoms with van der Waals surface area (Å²) in [6, 6.07) is 6.57. The second-order valence-electron chi connectivity index (χ2n) is 4.45. The lowest BCUT2D eigenvalue weighted by Gasteiger charge is -2.16. The Morgan fingerprint density at radius 3 is 2.72 bits per heavy atom. The van der Waals surface area contributed by atoms with Crippen molar-refractivity contribution in [2.75, 3.05) is 7.05 Å². The van der Waals surface area contributed by atoms with Gasteiger partial charge in [0.05, 0.1) is 16.6 Å². The van der Waals surface area contributed by atoms with Gasteiger partial charge >= 0.3 is 0 Å². The first-order chi connectivity index (χ1) is 8.63. The van der Waals surface area contributed by atoms with E-state index in [0.717, 1.165) is 16.1 Å². The third kappa shape index (κ3) is 2.57. The molecule has 0 saturated heterocycles. The van der Waals surface area contributed by atoms with Crippen LogP contribution in [-0.2, 0) is 0 Å². The number of hydrogen-bond acceptors (Lipinski definition) is 4. The number of hydrogen-bond donors (Lipinski definition) is 1. The molecule has 3 nitrogen and oxygen atoms in total. The largest absolute Gasteiger partial charge is 0.309 e. The molecule has 0 aliphatic rings. The molecule has 0 amide bonds. The normalized spacial score (nSPS) is 12.9. The quantitative estimate of drug-likeness (QED) is 0.923. The Hall–Kier alpha value is -1.33. The molecule has 1 aromatic heterocycles. The summed E-state index contributed by atoms with van der Waals surface area (Å²) in [5.41, 5.74) is 1.87. The highest BCUT2D eigenvalue weighted by Gasteiger charge is 2.21. The second kappa shape index (κ2) is 5.54. The Morgan fingerprint density at radius 1 is 1.33 bits per heavy atom. The Balaban J connectivity index is 2.42. The van der Waals surface area contributed by atoms with Gasteiger partial charge in [-0.15, -0.1) is 5.10 Å². The fourth-order valence-electron chi connectivity index (χ4n) is 1.94. The lowest BCUT2D eigenvalue weighted by Crippen LogP contribution is -2.18.